The van der Waals surface area contributed by atoms with Gasteiger partial charge < -0.3 is 15.0 Å². The van der Waals surface area contributed by atoms with E-state index in [1.165, 1.54) is 0 Å². The lowest BCUT2D eigenvalue weighted by molar-refractivity contribution is 0.415. The first-order chi connectivity index (χ1) is 9.72. The molecule has 0 unspecified atom stereocenters. The molecule has 0 atom stereocenters. The Labute approximate surface area is 123 Å². The molecule has 0 aliphatic carbocycles. The number of methoxy groups -OCH3 is 1. The molecule has 0 saturated heterocycles. The summed E-state index contributed by atoms with van der Waals surface area (Å²) < 4.78 is 5.24. The number of benzene rings is 1. The van der Waals surface area contributed by atoms with Gasteiger partial charge in [0, 0.05) is 25.3 Å². The van der Waals surface area contributed by atoms with Gasteiger partial charge in [-0.05, 0) is 18.6 Å². The Hall–Kier alpha value is -1.82. The first-order valence-electron chi connectivity index (χ1n) is 6.64. The molecular formula is C14H20N4OS. The normalized spacial score (nSPS) is 10.3. The summed E-state index contributed by atoms with van der Waals surface area (Å²) >= 11 is 1.60. The largest absolute Gasteiger partial charge is 0.497 e. The zero-order chi connectivity index (χ0) is 14.4. The lowest BCUT2D eigenvalue weighted by Gasteiger charge is -2.18. The Balaban J connectivity index is 1.99. The molecule has 2 rings (SSSR count). The van der Waals surface area contributed by atoms with Gasteiger partial charge >= 0.3 is 0 Å². The fraction of sp³-hybridized carbons (Fsp3) is 0.429. The summed E-state index contributed by atoms with van der Waals surface area (Å²) in [4.78, 5) is 2.13. The summed E-state index contributed by atoms with van der Waals surface area (Å²) in [6, 6.07) is 7.99. The molecule has 5 nitrogen and oxygen atoms in total. The van der Waals surface area contributed by atoms with Crippen molar-refractivity contribution in [2.24, 2.45) is 0 Å². The predicted molar refractivity (Wildman–Crippen MR) is 83.8 cm³/mol. The third-order valence-electron chi connectivity index (χ3n) is 2.86. The zero-order valence-corrected chi connectivity index (χ0v) is 12.9. The minimum absolute atomic E-state index is 0.735. The highest BCUT2D eigenvalue weighted by Crippen LogP contribution is 2.23. The number of rotatable bonds is 7. The number of ether oxygens (including phenoxy) is 1. The van der Waals surface area contributed by atoms with E-state index in [0.29, 0.717) is 0 Å². The zero-order valence-electron chi connectivity index (χ0n) is 12.1. The average molecular weight is 292 g/mol. The molecule has 20 heavy (non-hydrogen) atoms. The first kappa shape index (κ1) is 14.6. The van der Waals surface area contributed by atoms with Crippen LogP contribution in [0.25, 0.3) is 0 Å². The van der Waals surface area contributed by atoms with E-state index >= 15 is 0 Å². The van der Waals surface area contributed by atoms with Crippen LogP contribution < -0.4 is 15.0 Å². The molecule has 0 fully saturated rings. The maximum Gasteiger partial charge on any atom is 0.205 e. The lowest BCUT2D eigenvalue weighted by atomic mass is 10.3. The van der Waals surface area contributed by atoms with Crippen molar-refractivity contribution in [3.05, 3.63) is 29.3 Å². The maximum absolute atomic E-state index is 5.24. The summed E-state index contributed by atoms with van der Waals surface area (Å²) in [5.74, 6) is 0.858. The Morgan fingerprint density at radius 2 is 2.20 bits per heavy atom. The number of aromatic nitrogens is 2. The van der Waals surface area contributed by atoms with Crippen molar-refractivity contribution in [3.8, 4) is 5.75 Å². The third kappa shape index (κ3) is 3.84. The molecule has 0 bridgehead atoms. The maximum atomic E-state index is 5.24. The summed E-state index contributed by atoms with van der Waals surface area (Å²) in [6.45, 7) is 3.80. The van der Waals surface area contributed by atoms with Crippen molar-refractivity contribution in [2.45, 2.75) is 19.9 Å². The van der Waals surface area contributed by atoms with Gasteiger partial charge in [-0.3, -0.25) is 0 Å². The van der Waals surface area contributed by atoms with Crippen molar-refractivity contribution < 1.29 is 4.74 Å². The second-order valence-corrected chi connectivity index (χ2v) is 5.55. The Kier molecular flexibility index (Phi) is 5.17. The van der Waals surface area contributed by atoms with Crippen LogP contribution in [0.5, 0.6) is 5.75 Å². The Morgan fingerprint density at radius 1 is 1.35 bits per heavy atom. The first-order valence-corrected chi connectivity index (χ1v) is 7.46. The van der Waals surface area contributed by atoms with Crippen LogP contribution in [0.1, 0.15) is 18.4 Å². The van der Waals surface area contributed by atoms with E-state index in [0.717, 1.165) is 41.1 Å². The van der Waals surface area contributed by atoms with Crippen molar-refractivity contribution in [1.82, 2.24) is 10.2 Å². The van der Waals surface area contributed by atoms with Gasteiger partial charge in [-0.2, -0.15) is 0 Å². The smallest absolute Gasteiger partial charge is 0.205 e. The van der Waals surface area contributed by atoms with Gasteiger partial charge in [0.05, 0.1) is 13.7 Å². The van der Waals surface area contributed by atoms with Gasteiger partial charge in [-0.15, -0.1) is 10.2 Å². The Morgan fingerprint density at radius 3 is 2.95 bits per heavy atom. The van der Waals surface area contributed by atoms with Gasteiger partial charge in [0.15, 0.2) is 0 Å². The van der Waals surface area contributed by atoms with Crippen LogP contribution in [-0.2, 0) is 6.54 Å². The molecule has 2 aromatic rings. The van der Waals surface area contributed by atoms with Gasteiger partial charge in [-0.1, -0.05) is 24.3 Å². The van der Waals surface area contributed by atoms with Crippen LogP contribution in [0.4, 0.5) is 10.8 Å². The van der Waals surface area contributed by atoms with Gasteiger partial charge in [0.25, 0.3) is 0 Å². The quantitative estimate of drug-likeness (QED) is 0.850. The summed E-state index contributed by atoms with van der Waals surface area (Å²) in [7, 11) is 3.71. The van der Waals surface area contributed by atoms with Crippen molar-refractivity contribution in [1.29, 1.82) is 0 Å². The monoisotopic (exact) mass is 292 g/mol. The minimum atomic E-state index is 0.735. The number of nitrogens with zero attached hydrogens (tertiary/aromatic N) is 3. The summed E-state index contributed by atoms with van der Waals surface area (Å²) in [6.07, 6.45) is 1.08. The van der Waals surface area contributed by atoms with E-state index in [1.807, 2.05) is 25.2 Å². The highest BCUT2D eigenvalue weighted by molar-refractivity contribution is 7.15. The van der Waals surface area contributed by atoms with Crippen LogP contribution in [0.2, 0.25) is 0 Å². The molecule has 0 saturated carbocycles. The van der Waals surface area contributed by atoms with Crippen molar-refractivity contribution >= 4 is 22.2 Å². The fourth-order valence-electron chi connectivity index (χ4n) is 1.76. The topological polar surface area (TPSA) is 50.3 Å². The second-order valence-electron chi connectivity index (χ2n) is 4.49. The summed E-state index contributed by atoms with van der Waals surface area (Å²) in [5, 5.41) is 13.5. The van der Waals surface area contributed by atoms with Crippen molar-refractivity contribution in [3.63, 3.8) is 0 Å². The fourth-order valence-corrected chi connectivity index (χ4v) is 2.58. The van der Waals surface area contributed by atoms with Gasteiger partial charge in [-0.25, -0.2) is 0 Å². The van der Waals surface area contributed by atoms with E-state index in [4.69, 9.17) is 4.74 Å². The van der Waals surface area contributed by atoms with E-state index in [9.17, 15) is 0 Å². The minimum Gasteiger partial charge on any atom is -0.497 e. The molecular weight excluding hydrogens is 272 g/mol. The van der Waals surface area contributed by atoms with E-state index in [2.05, 4.69) is 33.4 Å². The van der Waals surface area contributed by atoms with E-state index < -0.39 is 0 Å². The number of hydrogen-bond acceptors (Lipinski definition) is 6. The van der Waals surface area contributed by atoms with Crippen LogP contribution in [0.15, 0.2) is 24.3 Å². The Bertz CT molecular complexity index is 543. The second kappa shape index (κ2) is 7.09. The van der Waals surface area contributed by atoms with Crippen LogP contribution in [0.3, 0.4) is 0 Å². The molecule has 0 aliphatic heterocycles. The molecule has 0 amide bonds. The van der Waals surface area contributed by atoms with E-state index in [1.54, 1.807) is 18.4 Å². The van der Waals surface area contributed by atoms with Crippen molar-refractivity contribution in [2.75, 3.05) is 30.9 Å². The lowest BCUT2D eigenvalue weighted by Crippen LogP contribution is -2.16. The van der Waals surface area contributed by atoms with E-state index in [-0.39, 0.29) is 0 Å². The van der Waals surface area contributed by atoms with Gasteiger partial charge in [0.2, 0.25) is 5.13 Å². The molecule has 1 heterocycles. The number of nitrogens with one attached hydrogen (secondary N) is 1. The number of anilines is 2. The predicted octanol–water partition coefficient (Wildman–Crippen LogP) is 3.01. The molecule has 0 aliphatic rings. The molecule has 6 heteroatoms. The SMILES string of the molecule is CCCNc1nnc(CN(C)c2cccc(OC)c2)s1. The third-order valence-corrected chi connectivity index (χ3v) is 3.73. The standard InChI is InChI=1S/C14H20N4OS/c1-4-8-15-14-17-16-13(20-14)10-18(2)11-6-5-7-12(9-11)19-3/h5-7,9H,4,8,10H2,1-3H3,(H,15,17). The molecule has 0 radical (unpaired) electrons. The van der Waals surface area contributed by atoms with Crippen LogP contribution in [0, 0.1) is 0 Å². The van der Waals surface area contributed by atoms with Gasteiger partial charge in [0.1, 0.15) is 10.8 Å². The summed E-state index contributed by atoms with van der Waals surface area (Å²) in [5.41, 5.74) is 1.10. The van der Waals surface area contributed by atoms with Crippen LogP contribution in [-0.4, -0.2) is 30.9 Å². The molecule has 1 N–H and O–H groups in total. The molecule has 108 valence electrons. The average Bonchev–Trinajstić information content (AvgIpc) is 2.92. The highest BCUT2D eigenvalue weighted by Gasteiger charge is 2.08. The highest BCUT2D eigenvalue weighted by atomic mass is 32.1. The molecule has 1 aromatic carbocycles. The molecule has 1 aromatic heterocycles. The van der Waals surface area contributed by atoms with Crippen LogP contribution >= 0.6 is 11.3 Å². The number of hydrogen-bond donors (Lipinski definition) is 1. The molecule has 0 spiro atoms.